The molecule has 9 aromatic carbocycles. The second-order valence-corrected chi connectivity index (χ2v) is 19.7. The Bertz CT molecular complexity index is 4060. The quantitative estimate of drug-likeness (QED) is 0.177. The average Bonchev–Trinajstić information content (AvgIpc) is 4.09. The van der Waals surface area contributed by atoms with Gasteiger partial charge in [-0.3, -0.25) is 0 Å². The second kappa shape index (κ2) is 14.2. The van der Waals surface area contributed by atoms with Gasteiger partial charge in [-0.25, -0.2) is 0 Å². The predicted octanol–water partition coefficient (Wildman–Crippen LogP) is 16.9. The lowest BCUT2D eigenvalue weighted by molar-refractivity contribution is 1.10. The highest BCUT2D eigenvalue weighted by molar-refractivity contribution is 7.27. The summed E-state index contributed by atoms with van der Waals surface area (Å²) in [5, 5.41) is 32.8. The summed E-state index contributed by atoms with van der Waals surface area (Å²) in [6.07, 6.45) is 0. The molecule has 0 saturated carbocycles. The third-order valence-corrected chi connectivity index (χ3v) is 16.4. The van der Waals surface area contributed by atoms with Gasteiger partial charge < -0.3 is 9.13 Å². The normalized spacial score (nSPS) is 11.9. The Morgan fingerprint density at radius 2 is 0.742 bits per heavy atom. The molecule has 4 heterocycles. The standard InChI is InChI=1S/C60H38N4S2/c1-33-27-45-41-23-25-43-39-19-11-13-21-51(39)65-59(43)55(41)63(49(45)29-35(33)3)57-53(37-15-7-5-8-16-37)47(31-61)48(32-62)54(38-17-9-6-10-18-38)58(57)64-50-30-36(4)34(2)28-46(50)42-24-26-44-40-20-12-14-22-52(40)66-60(44)56(42)64/h5-30H,1-4H3. The molecule has 0 amide bonds. The molecule has 0 unspecified atom stereocenters. The molecule has 0 N–H and O–H groups in total. The Hall–Kier alpha value is -8.00. The molecule has 0 aliphatic rings. The van der Waals surface area contributed by atoms with Crippen LogP contribution in [-0.4, -0.2) is 9.13 Å². The van der Waals surface area contributed by atoms with E-state index in [0.717, 1.165) is 77.2 Å². The van der Waals surface area contributed by atoms with Crippen LogP contribution >= 0.6 is 22.7 Å². The number of hydrogen-bond donors (Lipinski definition) is 0. The minimum atomic E-state index is 0.350. The first-order chi connectivity index (χ1) is 32.3. The van der Waals surface area contributed by atoms with Crippen LogP contribution in [0.15, 0.2) is 158 Å². The number of fused-ring (bicyclic) bond motifs is 14. The summed E-state index contributed by atoms with van der Waals surface area (Å²) in [5.74, 6) is 0. The highest BCUT2D eigenvalue weighted by Gasteiger charge is 2.33. The fourth-order valence-corrected chi connectivity index (χ4v) is 13.2. The maximum Gasteiger partial charge on any atom is 0.101 e. The van der Waals surface area contributed by atoms with Crippen LogP contribution in [0.4, 0.5) is 0 Å². The molecular weight excluding hydrogens is 841 g/mol. The number of thiophene rings is 2. The van der Waals surface area contributed by atoms with Crippen LogP contribution in [0.2, 0.25) is 0 Å². The smallest absolute Gasteiger partial charge is 0.101 e. The van der Waals surface area contributed by atoms with Crippen LogP contribution in [0.5, 0.6) is 0 Å². The maximum atomic E-state index is 11.7. The van der Waals surface area contributed by atoms with E-state index in [4.69, 9.17) is 0 Å². The molecule has 4 aromatic heterocycles. The molecule has 0 aliphatic carbocycles. The summed E-state index contributed by atoms with van der Waals surface area (Å²) in [6.45, 7) is 8.77. The van der Waals surface area contributed by atoms with Gasteiger partial charge >= 0.3 is 0 Å². The SMILES string of the molecule is Cc1cc2c3ccc4c5ccccc5sc4c3n(-c3c(-c4ccccc4)c(C#N)c(C#N)c(-c4ccccc4)c3-n3c4cc(C)c(C)cc4c4ccc5c6ccccc6sc5c43)c2cc1C. The molecule has 310 valence electrons. The van der Waals surface area contributed by atoms with E-state index in [-0.39, 0.29) is 0 Å². The lowest BCUT2D eigenvalue weighted by Gasteiger charge is -2.26. The summed E-state index contributed by atoms with van der Waals surface area (Å²) in [7, 11) is 0. The zero-order valence-electron chi connectivity index (χ0n) is 36.6. The van der Waals surface area contributed by atoms with Crippen molar-refractivity contribution in [2.24, 2.45) is 0 Å². The van der Waals surface area contributed by atoms with Gasteiger partial charge in [0.15, 0.2) is 0 Å². The molecule has 0 spiro atoms. The summed E-state index contributed by atoms with van der Waals surface area (Å²) >= 11 is 3.63. The number of rotatable bonds is 4. The molecule has 13 aromatic rings. The molecular formula is C60H38N4S2. The van der Waals surface area contributed by atoms with E-state index in [2.05, 4.69) is 170 Å². The second-order valence-electron chi connectivity index (χ2n) is 17.6. The van der Waals surface area contributed by atoms with E-state index in [1.165, 1.54) is 62.6 Å². The molecule has 0 atom stereocenters. The summed E-state index contributed by atoms with van der Waals surface area (Å²) < 4.78 is 9.74. The number of nitriles is 2. The molecule has 0 bridgehead atoms. The minimum Gasteiger partial charge on any atom is -0.305 e. The summed E-state index contributed by atoms with van der Waals surface area (Å²) in [5.41, 5.74) is 14.6. The van der Waals surface area contributed by atoms with Crippen LogP contribution in [0.25, 0.3) is 118 Å². The van der Waals surface area contributed by atoms with Crippen molar-refractivity contribution < 1.29 is 0 Å². The van der Waals surface area contributed by atoms with Gasteiger partial charge in [0.2, 0.25) is 0 Å². The van der Waals surface area contributed by atoms with Crippen molar-refractivity contribution in [3.8, 4) is 45.8 Å². The van der Waals surface area contributed by atoms with Crippen LogP contribution < -0.4 is 0 Å². The lowest BCUT2D eigenvalue weighted by atomic mass is 9.86. The fraction of sp³-hybridized carbons (Fsp3) is 0.0667. The van der Waals surface area contributed by atoms with Crippen molar-refractivity contribution in [1.82, 2.24) is 9.13 Å². The van der Waals surface area contributed by atoms with E-state index in [0.29, 0.717) is 11.1 Å². The number of nitrogens with zero attached hydrogens (tertiary/aromatic N) is 4. The molecule has 6 heteroatoms. The van der Waals surface area contributed by atoms with Crippen LogP contribution in [0.1, 0.15) is 33.4 Å². The molecule has 0 fully saturated rings. The van der Waals surface area contributed by atoms with Crippen molar-refractivity contribution in [1.29, 1.82) is 10.5 Å². The van der Waals surface area contributed by atoms with Crippen molar-refractivity contribution in [3.05, 3.63) is 191 Å². The molecule has 0 aliphatic heterocycles. The van der Waals surface area contributed by atoms with Crippen LogP contribution in [0.3, 0.4) is 0 Å². The van der Waals surface area contributed by atoms with E-state index < -0.39 is 0 Å². The first-order valence-electron chi connectivity index (χ1n) is 22.2. The van der Waals surface area contributed by atoms with Crippen LogP contribution in [-0.2, 0) is 0 Å². The Balaban J connectivity index is 1.40. The van der Waals surface area contributed by atoms with E-state index in [9.17, 15) is 10.5 Å². The zero-order valence-corrected chi connectivity index (χ0v) is 38.2. The number of benzene rings is 9. The molecule has 66 heavy (non-hydrogen) atoms. The number of aromatic nitrogens is 2. The van der Waals surface area contributed by atoms with E-state index >= 15 is 0 Å². The molecule has 0 radical (unpaired) electrons. The topological polar surface area (TPSA) is 57.4 Å². The third-order valence-electron chi connectivity index (χ3n) is 14.0. The number of hydrogen-bond acceptors (Lipinski definition) is 4. The largest absolute Gasteiger partial charge is 0.305 e. The van der Waals surface area contributed by atoms with Crippen LogP contribution in [0, 0.1) is 50.4 Å². The summed E-state index contributed by atoms with van der Waals surface area (Å²) in [6, 6.07) is 61.8. The predicted molar refractivity (Wildman–Crippen MR) is 280 cm³/mol. The fourth-order valence-electron chi connectivity index (χ4n) is 10.7. The highest BCUT2D eigenvalue weighted by atomic mass is 32.1. The Labute approximate surface area is 388 Å². The van der Waals surface area contributed by atoms with Crippen molar-refractivity contribution in [3.63, 3.8) is 0 Å². The first kappa shape index (κ1) is 38.5. The third kappa shape index (κ3) is 5.23. The zero-order chi connectivity index (χ0) is 44.5. The lowest BCUT2D eigenvalue weighted by Crippen LogP contribution is -2.12. The van der Waals surface area contributed by atoms with Gasteiger partial charge in [0, 0.05) is 63.6 Å². The minimum absolute atomic E-state index is 0.350. The Morgan fingerprint density at radius 3 is 1.15 bits per heavy atom. The number of aryl methyl sites for hydroxylation is 4. The van der Waals surface area contributed by atoms with Gasteiger partial charge in [0.1, 0.15) is 12.1 Å². The van der Waals surface area contributed by atoms with E-state index in [1.54, 1.807) is 0 Å². The summed E-state index contributed by atoms with van der Waals surface area (Å²) in [4.78, 5) is 0. The van der Waals surface area contributed by atoms with Gasteiger partial charge in [-0.05, 0) is 97.5 Å². The maximum absolute atomic E-state index is 11.7. The average molecular weight is 879 g/mol. The molecule has 13 rings (SSSR count). The van der Waals surface area contributed by atoms with Crippen molar-refractivity contribution in [2.75, 3.05) is 0 Å². The molecule has 4 nitrogen and oxygen atoms in total. The van der Waals surface area contributed by atoms with Crippen molar-refractivity contribution >= 4 is 107 Å². The van der Waals surface area contributed by atoms with Gasteiger partial charge in [-0.2, -0.15) is 10.5 Å². The highest BCUT2D eigenvalue weighted by Crippen LogP contribution is 2.53. The monoisotopic (exact) mass is 878 g/mol. The van der Waals surface area contributed by atoms with E-state index in [1.807, 2.05) is 59.1 Å². The van der Waals surface area contributed by atoms with Gasteiger partial charge in [-0.15, -0.1) is 22.7 Å². The van der Waals surface area contributed by atoms with Gasteiger partial charge in [-0.1, -0.05) is 121 Å². The first-order valence-corrected chi connectivity index (χ1v) is 23.8. The Morgan fingerprint density at radius 1 is 0.379 bits per heavy atom. The van der Waals surface area contributed by atoms with Gasteiger partial charge in [0.05, 0.1) is 54.0 Å². The molecule has 0 saturated heterocycles. The Kier molecular flexibility index (Phi) is 8.30. The van der Waals surface area contributed by atoms with Gasteiger partial charge in [0.25, 0.3) is 0 Å². The van der Waals surface area contributed by atoms with Crippen molar-refractivity contribution in [2.45, 2.75) is 27.7 Å².